The van der Waals surface area contributed by atoms with Gasteiger partial charge in [-0.1, -0.05) is 0 Å². The predicted octanol–water partition coefficient (Wildman–Crippen LogP) is -0.228. The van der Waals surface area contributed by atoms with E-state index in [-0.39, 0.29) is 16.5 Å². The normalized spacial score (nSPS) is 19.8. The number of benzene rings is 1. The van der Waals surface area contributed by atoms with Crippen LogP contribution < -0.4 is 15.8 Å². The maximum absolute atomic E-state index is 12.3. The first kappa shape index (κ1) is 13.3. The van der Waals surface area contributed by atoms with Crippen molar-refractivity contribution in [2.24, 2.45) is 7.05 Å². The highest BCUT2D eigenvalue weighted by molar-refractivity contribution is 7.89. The van der Waals surface area contributed by atoms with Crippen molar-refractivity contribution in [3.63, 3.8) is 0 Å². The topological polar surface area (TPSA) is 93.3 Å². The Morgan fingerprint density at radius 2 is 2.25 bits per heavy atom. The molecule has 1 atom stereocenters. The number of rotatable bonds is 3. The van der Waals surface area contributed by atoms with Crippen molar-refractivity contribution in [3.05, 3.63) is 28.7 Å². The van der Waals surface area contributed by atoms with Crippen molar-refractivity contribution in [2.45, 2.75) is 17.4 Å². The zero-order valence-electron chi connectivity index (χ0n) is 10.9. The molecule has 1 saturated heterocycles. The summed E-state index contributed by atoms with van der Waals surface area (Å²) in [6.45, 7) is 1.43. The van der Waals surface area contributed by atoms with Gasteiger partial charge in [-0.05, 0) is 25.1 Å². The SMILES string of the molecule is Cn1c(=O)oc2cc(S(=O)(=O)N[C@H]3CCNC3)ccc21. The largest absolute Gasteiger partial charge is 0.419 e. The lowest BCUT2D eigenvalue weighted by molar-refractivity contribution is 0.527. The van der Waals surface area contributed by atoms with E-state index in [4.69, 9.17) is 4.42 Å². The molecule has 1 aromatic heterocycles. The Kier molecular flexibility index (Phi) is 3.15. The molecule has 0 aliphatic carbocycles. The van der Waals surface area contributed by atoms with Crippen LogP contribution in [0.3, 0.4) is 0 Å². The summed E-state index contributed by atoms with van der Waals surface area (Å²) in [4.78, 5) is 11.5. The zero-order chi connectivity index (χ0) is 14.3. The summed E-state index contributed by atoms with van der Waals surface area (Å²) in [6, 6.07) is 4.32. The van der Waals surface area contributed by atoms with Crippen molar-refractivity contribution >= 4 is 21.1 Å². The summed E-state index contributed by atoms with van der Waals surface area (Å²) in [5, 5.41) is 3.10. The molecule has 0 bridgehead atoms. The van der Waals surface area contributed by atoms with Crippen LogP contribution in [-0.4, -0.2) is 32.1 Å². The number of nitrogens with one attached hydrogen (secondary N) is 2. The quantitative estimate of drug-likeness (QED) is 0.816. The van der Waals surface area contributed by atoms with E-state index in [1.807, 2.05) is 0 Å². The van der Waals surface area contributed by atoms with Gasteiger partial charge in [-0.25, -0.2) is 17.9 Å². The summed E-state index contributed by atoms with van der Waals surface area (Å²) >= 11 is 0. The van der Waals surface area contributed by atoms with Gasteiger partial charge in [0.25, 0.3) is 0 Å². The second kappa shape index (κ2) is 4.72. The first-order valence-electron chi connectivity index (χ1n) is 6.30. The molecule has 0 spiro atoms. The maximum Gasteiger partial charge on any atom is 0.419 e. The summed E-state index contributed by atoms with van der Waals surface area (Å²) in [5.74, 6) is -0.512. The maximum atomic E-state index is 12.3. The number of hydrogen-bond acceptors (Lipinski definition) is 5. The van der Waals surface area contributed by atoms with E-state index in [0.717, 1.165) is 13.0 Å². The van der Waals surface area contributed by atoms with E-state index < -0.39 is 15.8 Å². The lowest BCUT2D eigenvalue weighted by Crippen LogP contribution is -2.36. The van der Waals surface area contributed by atoms with Crippen LogP contribution in [-0.2, 0) is 17.1 Å². The Bertz CT molecular complexity index is 800. The van der Waals surface area contributed by atoms with Crippen LogP contribution in [0.5, 0.6) is 0 Å². The number of hydrogen-bond donors (Lipinski definition) is 2. The molecule has 0 saturated carbocycles. The van der Waals surface area contributed by atoms with Gasteiger partial charge >= 0.3 is 5.76 Å². The van der Waals surface area contributed by atoms with Crippen molar-refractivity contribution in [1.29, 1.82) is 0 Å². The lowest BCUT2D eigenvalue weighted by atomic mass is 10.3. The Hall–Kier alpha value is -1.64. The minimum atomic E-state index is -3.60. The highest BCUT2D eigenvalue weighted by Gasteiger charge is 2.23. The first-order valence-corrected chi connectivity index (χ1v) is 7.78. The molecule has 2 heterocycles. The summed E-state index contributed by atoms with van der Waals surface area (Å²) in [5.41, 5.74) is 0.835. The second-order valence-corrected chi connectivity index (χ2v) is 6.58. The number of sulfonamides is 1. The van der Waals surface area contributed by atoms with Crippen LogP contribution in [0.1, 0.15) is 6.42 Å². The fraction of sp³-hybridized carbons (Fsp3) is 0.417. The third-order valence-corrected chi connectivity index (χ3v) is 4.97. The predicted molar refractivity (Wildman–Crippen MR) is 73.1 cm³/mol. The molecule has 1 aliphatic rings. The highest BCUT2D eigenvalue weighted by atomic mass is 32.2. The van der Waals surface area contributed by atoms with Crippen LogP contribution in [0, 0.1) is 0 Å². The van der Waals surface area contributed by atoms with Gasteiger partial charge in [0.05, 0.1) is 10.4 Å². The molecule has 1 aromatic carbocycles. The van der Waals surface area contributed by atoms with Gasteiger partial charge in [0, 0.05) is 25.7 Å². The van der Waals surface area contributed by atoms with E-state index in [1.165, 1.54) is 16.7 Å². The summed E-state index contributed by atoms with van der Waals surface area (Å²) in [7, 11) is -2.03. The van der Waals surface area contributed by atoms with Gasteiger partial charge in [-0.15, -0.1) is 0 Å². The average molecular weight is 297 g/mol. The molecule has 7 nitrogen and oxygen atoms in total. The van der Waals surface area contributed by atoms with Crippen LogP contribution in [0.15, 0.2) is 32.3 Å². The van der Waals surface area contributed by atoms with Crippen LogP contribution >= 0.6 is 0 Å². The van der Waals surface area contributed by atoms with Gasteiger partial charge in [-0.3, -0.25) is 4.57 Å². The molecule has 0 amide bonds. The Morgan fingerprint density at radius 1 is 1.45 bits per heavy atom. The summed E-state index contributed by atoms with van der Waals surface area (Å²) < 4.78 is 33.5. The smallest absolute Gasteiger partial charge is 0.408 e. The van der Waals surface area contributed by atoms with Crippen molar-refractivity contribution in [2.75, 3.05) is 13.1 Å². The van der Waals surface area contributed by atoms with E-state index in [0.29, 0.717) is 12.1 Å². The number of aryl methyl sites for hydroxylation is 1. The third-order valence-electron chi connectivity index (χ3n) is 3.46. The monoisotopic (exact) mass is 297 g/mol. The standard InChI is InChI=1S/C12H15N3O4S/c1-15-10-3-2-9(6-11(10)19-12(15)16)20(17,18)14-8-4-5-13-7-8/h2-3,6,8,13-14H,4-5,7H2,1H3/t8-/m0/s1. The molecule has 2 aromatic rings. The molecule has 108 valence electrons. The molecule has 0 radical (unpaired) electrons. The number of oxazole rings is 1. The molecular weight excluding hydrogens is 282 g/mol. The average Bonchev–Trinajstić information content (AvgIpc) is 2.98. The summed E-state index contributed by atoms with van der Waals surface area (Å²) in [6.07, 6.45) is 0.766. The van der Waals surface area contributed by atoms with Crippen LogP contribution in [0.4, 0.5) is 0 Å². The number of aromatic nitrogens is 1. The van der Waals surface area contributed by atoms with E-state index in [9.17, 15) is 13.2 Å². The van der Waals surface area contributed by atoms with Gasteiger partial charge < -0.3 is 9.73 Å². The molecule has 8 heteroatoms. The van der Waals surface area contributed by atoms with E-state index in [2.05, 4.69) is 10.0 Å². The Morgan fingerprint density at radius 3 is 2.95 bits per heavy atom. The highest BCUT2D eigenvalue weighted by Crippen LogP contribution is 2.18. The molecule has 0 unspecified atom stereocenters. The van der Waals surface area contributed by atoms with Gasteiger partial charge in [0.1, 0.15) is 0 Å². The van der Waals surface area contributed by atoms with Crippen LogP contribution in [0.2, 0.25) is 0 Å². The van der Waals surface area contributed by atoms with Gasteiger partial charge in [-0.2, -0.15) is 0 Å². The fourth-order valence-electron chi connectivity index (χ4n) is 2.32. The van der Waals surface area contributed by atoms with Crippen molar-refractivity contribution < 1.29 is 12.8 Å². The van der Waals surface area contributed by atoms with Gasteiger partial charge in [0.15, 0.2) is 5.58 Å². The van der Waals surface area contributed by atoms with E-state index >= 15 is 0 Å². The molecule has 2 N–H and O–H groups in total. The molecule has 20 heavy (non-hydrogen) atoms. The minimum Gasteiger partial charge on any atom is -0.408 e. The van der Waals surface area contributed by atoms with Crippen molar-refractivity contribution in [1.82, 2.24) is 14.6 Å². The molecule has 1 aliphatic heterocycles. The Labute approximate surface area is 115 Å². The number of nitrogens with zero attached hydrogens (tertiary/aromatic N) is 1. The lowest BCUT2D eigenvalue weighted by Gasteiger charge is -2.11. The van der Waals surface area contributed by atoms with E-state index in [1.54, 1.807) is 13.1 Å². The molecule has 1 fully saturated rings. The number of fused-ring (bicyclic) bond motifs is 1. The van der Waals surface area contributed by atoms with Crippen LogP contribution in [0.25, 0.3) is 11.1 Å². The fourth-order valence-corrected chi connectivity index (χ4v) is 3.61. The molecule has 3 rings (SSSR count). The third kappa shape index (κ3) is 2.26. The zero-order valence-corrected chi connectivity index (χ0v) is 11.7. The Balaban J connectivity index is 1.98. The second-order valence-electron chi connectivity index (χ2n) is 4.87. The minimum absolute atomic E-state index is 0.0986. The van der Waals surface area contributed by atoms with Crippen molar-refractivity contribution in [3.8, 4) is 0 Å². The molecular formula is C12H15N3O4S. The van der Waals surface area contributed by atoms with Gasteiger partial charge in [0.2, 0.25) is 10.0 Å². The first-order chi connectivity index (χ1) is 9.47.